The molecule has 1 fully saturated rings. The molecule has 0 aliphatic carbocycles. The van der Waals surface area contributed by atoms with Gasteiger partial charge in [-0.3, -0.25) is 4.79 Å². The van der Waals surface area contributed by atoms with E-state index in [1.165, 1.54) is 0 Å². The van der Waals surface area contributed by atoms with Crippen molar-refractivity contribution in [3.63, 3.8) is 0 Å². The third-order valence-electron chi connectivity index (χ3n) is 2.96. The highest BCUT2D eigenvalue weighted by atomic mass is 32.2. The van der Waals surface area contributed by atoms with E-state index in [0.29, 0.717) is 6.42 Å². The third-order valence-corrected chi connectivity index (χ3v) is 4.76. The maximum atomic E-state index is 11.3. The molecule has 1 rings (SSSR count). The maximum absolute atomic E-state index is 11.3. The molecule has 100 valence electrons. The first-order valence-electron chi connectivity index (χ1n) is 5.58. The molecular weight excluding hydrogens is 248 g/mol. The van der Waals surface area contributed by atoms with Crippen LogP contribution in [0.25, 0.3) is 0 Å². The van der Waals surface area contributed by atoms with E-state index in [1.54, 1.807) is 0 Å². The highest BCUT2D eigenvalue weighted by molar-refractivity contribution is 7.91. The quantitative estimate of drug-likeness (QED) is 0.604. The Bertz CT molecular complexity index is 350. The molecule has 0 aromatic carbocycles. The number of hydrogen-bond donors (Lipinski definition) is 2. The van der Waals surface area contributed by atoms with Crippen molar-refractivity contribution in [2.75, 3.05) is 31.3 Å². The second kappa shape index (κ2) is 6.32. The lowest BCUT2D eigenvalue weighted by atomic mass is 9.89. The van der Waals surface area contributed by atoms with Gasteiger partial charge in [-0.15, -0.1) is 0 Å². The van der Waals surface area contributed by atoms with Gasteiger partial charge < -0.3 is 14.9 Å². The van der Waals surface area contributed by atoms with Gasteiger partial charge in [0.1, 0.15) is 0 Å². The van der Waals surface area contributed by atoms with Gasteiger partial charge >= 0.3 is 5.97 Å². The smallest absolute Gasteiger partial charge is 0.306 e. The molecular formula is C10H18O6S. The Morgan fingerprint density at radius 3 is 2.59 bits per heavy atom. The second-order valence-corrected chi connectivity index (χ2v) is 6.46. The van der Waals surface area contributed by atoms with E-state index < -0.39 is 21.7 Å². The highest BCUT2D eigenvalue weighted by Crippen LogP contribution is 2.28. The summed E-state index contributed by atoms with van der Waals surface area (Å²) in [6, 6.07) is 0. The number of sulfone groups is 1. The largest absolute Gasteiger partial charge is 0.481 e. The molecule has 2 atom stereocenters. The van der Waals surface area contributed by atoms with Gasteiger partial charge in [0.15, 0.2) is 9.84 Å². The zero-order chi connectivity index (χ0) is 12.9. The van der Waals surface area contributed by atoms with Crippen LogP contribution in [-0.2, 0) is 19.4 Å². The number of aliphatic hydroxyl groups excluding tert-OH is 1. The van der Waals surface area contributed by atoms with Crippen LogP contribution in [0.3, 0.4) is 0 Å². The zero-order valence-electron chi connectivity index (χ0n) is 9.54. The molecule has 17 heavy (non-hydrogen) atoms. The lowest BCUT2D eigenvalue weighted by Crippen LogP contribution is -2.26. The highest BCUT2D eigenvalue weighted by Gasteiger charge is 2.36. The zero-order valence-corrected chi connectivity index (χ0v) is 10.4. The number of carbonyl (C=O) groups is 1. The van der Waals surface area contributed by atoms with Gasteiger partial charge in [0.25, 0.3) is 0 Å². The second-order valence-electron chi connectivity index (χ2n) is 4.23. The first-order valence-corrected chi connectivity index (χ1v) is 7.40. The Hall–Kier alpha value is -0.660. The minimum Gasteiger partial charge on any atom is -0.481 e. The Kier molecular flexibility index (Phi) is 5.35. The van der Waals surface area contributed by atoms with E-state index in [9.17, 15) is 13.2 Å². The predicted octanol–water partition coefficient (Wildman–Crippen LogP) is -0.479. The summed E-state index contributed by atoms with van der Waals surface area (Å²) < 4.78 is 27.6. The fourth-order valence-electron chi connectivity index (χ4n) is 2.08. The Labute approximate surface area is 101 Å². The van der Waals surface area contributed by atoms with Crippen molar-refractivity contribution in [1.29, 1.82) is 0 Å². The Morgan fingerprint density at radius 1 is 1.41 bits per heavy atom. The normalized spacial score (nSPS) is 24.6. The summed E-state index contributed by atoms with van der Waals surface area (Å²) >= 11 is 0. The van der Waals surface area contributed by atoms with Crippen LogP contribution in [0.15, 0.2) is 0 Å². The summed E-state index contributed by atoms with van der Waals surface area (Å²) in [6.07, 6.45) is 0.703. The van der Waals surface area contributed by atoms with Crippen LogP contribution in [0.4, 0.5) is 0 Å². The van der Waals surface area contributed by atoms with Gasteiger partial charge in [0.2, 0.25) is 0 Å². The molecule has 1 saturated heterocycles. The minimum atomic E-state index is -3.05. The summed E-state index contributed by atoms with van der Waals surface area (Å²) in [7, 11) is -3.05. The average molecular weight is 266 g/mol. The minimum absolute atomic E-state index is 0.0377. The number of hydrogen-bond acceptors (Lipinski definition) is 5. The molecule has 2 unspecified atom stereocenters. The van der Waals surface area contributed by atoms with E-state index >= 15 is 0 Å². The van der Waals surface area contributed by atoms with Gasteiger partial charge in [-0.25, -0.2) is 8.42 Å². The summed E-state index contributed by atoms with van der Waals surface area (Å²) in [5.74, 6) is -1.91. The molecule has 0 aromatic heterocycles. The standard InChI is InChI=1S/C10H18O6S/c11-3-5-16-4-1-9(10(12)13)8-2-6-17(14,15)7-8/h8-9,11H,1-7H2,(H,12,13). The fraction of sp³-hybridized carbons (Fsp3) is 0.900. The molecule has 0 spiro atoms. The van der Waals surface area contributed by atoms with E-state index in [1.807, 2.05) is 0 Å². The van der Waals surface area contributed by atoms with Crippen molar-refractivity contribution >= 4 is 15.8 Å². The number of ether oxygens (including phenoxy) is 1. The van der Waals surface area contributed by atoms with E-state index in [-0.39, 0.29) is 43.7 Å². The summed E-state index contributed by atoms with van der Waals surface area (Å²) in [5.41, 5.74) is 0. The van der Waals surface area contributed by atoms with E-state index in [2.05, 4.69) is 0 Å². The molecule has 1 heterocycles. The molecule has 0 aromatic rings. The van der Waals surface area contributed by atoms with Gasteiger partial charge in [-0.05, 0) is 18.8 Å². The number of carboxylic acid groups (broad SMARTS) is 1. The summed E-state index contributed by atoms with van der Waals surface area (Å²) in [6.45, 7) is 0.304. The van der Waals surface area contributed by atoms with Crippen molar-refractivity contribution in [1.82, 2.24) is 0 Å². The van der Waals surface area contributed by atoms with Crippen LogP contribution in [0.2, 0.25) is 0 Å². The van der Waals surface area contributed by atoms with Crippen molar-refractivity contribution in [3.05, 3.63) is 0 Å². The van der Waals surface area contributed by atoms with Crippen LogP contribution in [-0.4, -0.2) is 55.9 Å². The summed E-state index contributed by atoms with van der Waals surface area (Å²) in [5, 5.41) is 17.6. The molecule has 7 heteroatoms. The number of carboxylic acids is 1. The fourth-order valence-corrected chi connectivity index (χ4v) is 3.96. The molecule has 1 aliphatic heterocycles. The van der Waals surface area contributed by atoms with Gasteiger partial charge in [-0.2, -0.15) is 0 Å². The van der Waals surface area contributed by atoms with Crippen LogP contribution in [0.1, 0.15) is 12.8 Å². The lowest BCUT2D eigenvalue weighted by Gasteiger charge is -2.17. The van der Waals surface area contributed by atoms with E-state index in [0.717, 1.165) is 0 Å². The van der Waals surface area contributed by atoms with E-state index in [4.69, 9.17) is 14.9 Å². The van der Waals surface area contributed by atoms with Crippen LogP contribution < -0.4 is 0 Å². The molecule has 0 saturated carbocycles. The van der Waals surface area contributed by atoms with Gasteiger partial charge in [0, 0.05) is 6.61 Å². The maximum Gasteiger partial charge on any atom is 0.306 e. The molecule has 2 N–H and O–H groups in total. The van der Waals surface area contributed by atoms with Crippen molar-refractivity contribution in [2.45, 2.75) is 12.8 Å². The van der Waals surface area contributed by atoms with Crippen molar-refractivity contribution < 1.29 is 28.2 Å². The number of aliphatic carboxylic acids is 1. The van der Waals surface area contributed by atoms with Gasteiger partial charge in [0.05, 0.1) is 30.6 Å². The molecule has 6 nitrogen and oxygen atoms in total. The molecule has 0 amide bonds. The van der Waals surface area contributed by atoms with Gasteiger partial charge in [-0.1, -0.05) is 0 Å². The Balaban J connectivity index is 2.47. The third kappa shape index (κ3) is 4.61. The lowest BCUT2D eigenvalue weighted by molar-refractivity contribution is -0.144. The monoisotopic (exact) mass is 266 g/mol. The first kappa shape index (κ1) is 14.4. The summed E-state index contributed by atoms with van der Waals surface area (Å²) in [4.78, 5) is 11.1. The SMILES string of the molecule is O=C(O)C(CCOCCO)C1CCS(=O)(=O)C1. The van der Waals surface area contributed by atoms with Crippen molar-refractivity contribution in [3.8, 4) is 0 Å². The van der Waals surface area contributed by atoms with Crippen molar-refractivity contribution in [2.24, 2.45) is 11.8 Å². The van der Waals surface area contributed by atoms with Crippen LogP contribution in [0, 0.1) is 11.8 Å². The molecule has 0 bridgehead atoms. The number of aliphatic hydroxyl groups is 1. The topological polar surface area (TPSA) is 101 Å². The van der Waals surface area contributed by atoms with Crippen LogP contribution in [0.5, 0.6) is 0 Å². The average Bonchev–Trinajstić information content (AvgIpc) is 2.58. The Morgan fingerprint density at radius 2 is 2.12 bits per heavy atom. The van der Waals surface area contributed by atoms with Crippen LogP contribution >= 0.6 is 0 Å². The predicted molar refractivity (Wildman–Crippen MR) is 60.4 cm³/mol. The first-order chi connectivity index (χ1) is 7.96. The molecule has 0 radical (unpaired) electrons. The molecule has 1 aliphatic rings. The number of rotatable bonds is 7.